The van der Waals surface area contributed by atoms with Gasteiger partial charge in [-0.3, -0.25) is 19.0 Å². The van der Waals surface area contributed by atoms with Crippen molar-refractivity contribution in [3.8, 4) is 0 Å². The van der Waals surface area contributed by atoms with Crippen molar-refractivity contribution in [2.45, 2.75) is 56.3 Å². The van der Waals surface area contributed by atoms with Gasteiger partial charge in [0.1, 0.15) is 4.70 Å². The van der Waals surface area contributed by atoms with E-state index in [-0.39, 0.29) is 29.7 Å². The zero-order valence-corrected chi connectivity index (χ0v) is 17.7. The van der Waals surface area contributed by atoms with E-state index in [1.54, 1.807) is 10.6 Å². The number of fused-ring (bicyclic) bond motifs is 1. The lowest BCUT2D eigenvalue weighted by Gasteiger charge is -2.13. The minimum atomic E-state index is -0.811. The Morgan fingerprint density at radius 1 is 1.38 bits per heavy atom. The molecular weight excluding hydrogens is 414 g/mol. The topological polar surface area (TPSA) is 111 Å². The fourth-order valence-corrected chi connectivity index (χ4v) is 4.80. The van der Waals surface area contributed by atoms with Gasteiger partial charge in [-0.1, -0.05) is 18.2 Å². The summed E-state index contributed by atoms with van der Waals surface area (Å²) in [6.45, 7) is 1.71. The summed E-state index contributed by atoms with van der Waals surface area (Å²) in [5.41, 5.74) is 0.537. The number of carbonyl (C=O) groups is 2. The number of aromatic nitrogens is 2. The molecule has 3 rings (SSSR count). The quantitative estimate of drug-likeness (QED) is 0.314. The fraction of sp³-hybridized carbons (Fsp3) is 0.579. The predicted octanol–water partition coefficient (Wildman–Crippen LogP) is 2.49. The highest BCUT2D eigenvalue weighted by Gasteiger charge is 2.17. The lowest BCUT2D eigenvalue weighted by molar-refractivity contribution is -0.137. The molecule has 1 fully saturated rings. The third kappa shape index (κ3) is 6.28. The number of nitrogens with one attached hydrogen (secondary N) is 1. The number of hydrogen-bond acceptors (Lipinski definition) is 7. The van der Waals surface area contributed by atoms with Crippen LogP contribution in [0, 0.1) is 0 Å². The molecule has 1 atom stereocenters. The average Bonchev–Trinajstić information content (AvgIpc) is 3.37. The molecule has 0 aliphatic carbocycles. The molecule has 158 valence electrons. The molecule has 0 radical (unpaired) electrons. The predicted molar refractivity (Wildman–Crippen MR) is 113 cm³/mol. The van der Waals surface area contributed by atoms with Crippen LogP contribution in [0.3, 0.4) is 0 Å². The Bertz CT molecular complexity index is 905. The van der Waals surface area contributed by atoms with E-state index >= 15 is 0 Å². The molecule has 1 aliphatic rings. The first-order valence-electron chi connectivity index (χ1n) is 9.75. The van der Waals surface area contributed by atoms with E-state index in [9.17, 15) is 14.4 Å². The van der Waals surface area contributed by atoms with Crippen molar-refractivity contribution in [3.05, 3.63) is 21.8 Å². The van der Waals surface area contributed by atoms with Crippen molar-refractivity contribution in [1.29, 1.82) is 0 Å². The van der Waals surface area contributed by atoms with Crippen LogP contribution in [0.15, 0.2) is 21.4 Å². The number of carboxylic acid groups (broad SMARTS) is 1. The van der Waals surface area contributed by atoms with E-state index in [1.807, 2.05) is 5.38 Å². The molecule has 29 heavy (non-hydrogen) atoms. The number of carbonyl (C=O) groups excluding carboxylic acids is 1. The molecule has 0 bridgehead atoms. The summed E-state index contributed by atoms with van der Waals surface area (Å²) in [4.78, 5) is 40.2. The number of hydrogen-bond donors (Lipinski definition) is 2. The van der Waals surface area contributed by atoms with Gasteiger partial charge < -0.3 is 15.2 Å². The van der Waals surface area contributed by atoms with Gasteiger partial charge in [-0.15, -0.1) is 11.3 Å². The Morgan fingerprint density at radius 2 is 2.24 bits per heavy atom. The summed E-state index contributed by atoms with van der Waals surface area (Å²) >= 11 is 2.60. The molecule has 1 saturated heterocycles. The molecule has 3 heterocycles. The number of carboxylic acids is 1. The highest BCUT2D eigenvalue weighted by Crippen LogP contribution is 2.21. The molecule has 2 aromatic heterocycles. The van der Waals surface area contributed by atoms with Crippen molar-refractivity contribution in [2.24, 2.45) is 0 Å². The fourth-order valence-electron chi connectivity index (χ4n) is 3.17. The minimum Gasteiger partial charge on any atom is -0.481 e. The molecule has 1 aliphatic heterocycles. The molecule has 1 amide bonds. The maximum absolute atomic E-state index is 12.8. The number of thioether (sulfide) groups is 1. The van der Waals surface area contributed by atoms with Crippen molar-refractivity contribution < 1.29 is 19.4 Å². The van der Waals surface area contributed by atoms with Crippen LogP contribution in [0.1, 0.15) is 38.5 Å². The monoisotopic (exact) mass is 439 g/mol. The number of thiophene rings is 1. The van der Waals surface area contributed by atoms with Crippen molar-refractivity contribution in [3.63, 3.8) is 0 Å². The lowest BCUT2D eigenvalue weighted by Crippen LogP contribution is -2.33. The highest BCUT2D eigenvalue weighted by molar-refractivity contribution is 7.99. The van der Waals surface area contributed by atoms with Crippen LogP contribution >= 0.6 is 23.1 Å². The van der Waals surface area contributed by atoms with Gasteiger partial charge in [0.15, 0.2) is 5.16 Å². The molecule has 2 aromatic rings. The van der Waals surface area contributed by atoms with Crippen LogP contribution < -0.4 is 10.9 Å². The zero-order chi connectivity index (χ0) is 20.6. The second kappa shape index (κ2) is 10.7. The summed E-state index contributed by atoms with van der Waals surface area (Å²) in [7, 11) is 0. The van der Waals surface area contributed by atoms with Crippen molar-refractivity contribution in [1.82, 2.24) is 14.9 Å². The third-order valence-corrected chi connectivity index (χ3v) is 6.55. The van der Waals surface area contributed by atoms with Crippen LogP contribution in [-0.2, 0) is 20.9 Å². The summed E-state index contributed by atoms with van der Waals surface area (Å²) in [5.74, 6) is -0.749. The van der Waals surface area contributed by atoms with Crippen LogP contribution in [0.5, 0.6) is 0 Å². The summed E-state index contributed by atoms with van der Waals surface area (Å²) < 4.78 is 7.71. The van der Waals surface area contributed by atoms with Crippen molar-refractivity contribution >= 4 is 45.2 Å². The number of nitrogens with zero attached hydrogens (tertiary/aromatic N) is 2. The summed E-state index contributed by atoms with van der Waals surface area (Å²) in [6, 6.07) is 1.81. The number of rotatable bonds is 11. The normalized spacial score (nSPS) is 16.3. The van der Waals surface area contributed by atoms with E-state index in [4.69, 9.17) is 9.84 Å². The number of amides is 1. The molecule has 0 unspecified atom stereocenters. The number of ether oxygens (including phenoxy) is 1. The van der Waals surface area contributed by atoms with Gasteiger partial charge in [-0.25, -0.2) is 4.98 Å². The smallest absolute Gasteiger partial charge is 0.303 e. The molecular formula is C19H25N3O5S2. The molecule has 10 heteroatoms. The second-order valence-electron chi connectivity index (χ2n) is 6.92. The zero-order valence-electron chi connectivity index (χ0n) is 16.1. The first-order valence-corrected chi connectivity index (χ1v) is 11.6. The van der Waals surface area contributed by atoms with Gasteiger partial charge in [0.25, 0.3) is 5.56 Å². The van der Waals surface area contributed by atoms with E-state index in [0.717, 1.165) is 19.4 Å². The average molecular weight is 440 g/mol. The van der Waals surface area contributed by atoms with E-state index < -0.39 is 5.97 Å². The summed E-state index contributed by atoms with van der Waals surface area (Å²) in [5, 5.41) is 14.0. The van der Waals surface area contributed by atoms with Crippen LogP contribution in [0.25, 0.3) is 10.2 Å². The van der Waals surface area contributed by atoms with E-state index in [1.165, 1.54) is 23.1 Å². The van der Waals surface area contributed by atoms with Gasteiger partial charge in [0.05, 0.1) is 17.4 Å². The van der Waals surface area contributed by atoms with Crippen LogP contribution in [0.4, 0.5) is 0 Å². The first-order chi connectivity index (χ1) is 14.0. The minimum absolute atomic E-state index is 0.0909. The Hall–Kier alpha value is -1.91. The number of aliphatic carboxylic acids is 1. The van der Waals surface area contributed by atoms with Crippen LogP contribution in [0.2, 0.25) is 0 Å². The second-order valence-corrected chi connectivity index (χ2v) is 8.78. The molecule has 8 nitrogen and oxygen atoms in total. The van der Waals surface area contributed by atoms with Gasteiger partial charge >= 0.3 is 5.97 Å². The first kappa shape index (κ1) is 21.8. The van der Waals surface area contributed by atoms with E-state index in [2.05, 4.69) is 10.3 Å². The highest BCUT2D eigenvalue weighted by atomic mass is 32.2. The standard InChI is InChI=1S/C19H25N3O5S2/c23-15(20-11-13-5-4-9-27-13)12-29-19-21-14-7-10-28-17(14)18(26)22(19)8-3-1-2-6-16(24)25/h7,10,13H,1-6,8-9,11-12H2,(H,20,23)(H,24,25)/t13-/m1/s1. The van der Waals surface area contributed by atoms with Crippen molar-refractivity contribution in [2.75, 3.05) is 18.9 Å². The molecule has 0 spiro atoms. The SMILES string of the molecule is O=C(O)CCCCCn1c(SCC(=O)NC[C@H]2CCCO2)nc2ccsc2c1=O. The third-order valence-electron chi connectivity index (χ3n) is 4.69. The molecule has 0 aromatic carbocycles. The van der Waals surface area contributed by atoms with Gasteiger partial charge in [-0.05, 0) is 37.1 Å². The Balaban J connectivity index is 1.61. The maximum Gasteiger partial charge on any atom is 0.303 e. The van der Waals surface area contributed by atoms with E-state index in [0.29, 0.717) is 47.7 Å². The van der Waals surface area contributed by atoms with Gasteiger partial charge in [-0.2, -0.15) is 0 Å². The Morgan fingerprint density at radius 3 is 3.00 bits per heavy atom. The van der Waals surface area contributed by atoms with Gasteiger partial charge in [0.2, 0.25) is 5.91 Å². The Labute approximate surface area is 176 Å². The van der Waals surface area contributed by atoms with Gasteiger partial charge in [0, 0.05) is 26.1 Å². The Kier molecular flexibility index (Phi) is 8.08. The number of unbranched alkanes of at least 4 members (excludes halogenated alkanes) is 2. The largest absolute Gasteiger partial charge is 0.481 e. The maximum atomic E-state index is 12.8. The molecule has 2 N–H and O–H groups in total. The van der Waals surface area contributed by atoms with Crippen LogP contribution in [-0.4, -0.2) is 51.5 Å². The summed E-state index contributed by atoms with van der Waals surface area (Å²) in [6.07, 6.45) is 4.19. The molecule has 0 saturated carbocycles. The lowest BCUT2D eigenvalue weighted by atomic mass is 10.2.